The predicted octanol–water partition coefficient (Wildman–Crippen LogP) is 0.368. The Hall–Kier alpha value is 0.160. The Morgan fingerprint density at radius 1 is 1.42 bits per heavy atom. The van der Waals surface area contributed by atoms with Crippen molar-refractivity contribution in [1.82, 2.24) is 0 Å². The molecule has 2 N–H and O–H groups in total. The maximum Gasteiger partial charge on any atom is 0.264 e. The summed E-state index contributed by atoms with van der Waals surface area (Å²) in [5.41, 5.74) is 5.53. The van der Waals surface area contributed by atoms with Crippen LogP contribution in [0, 0.1) is 5.92 Å². The lowest BCUT2D eigenvalue weighted by atomic mass is 10.1. The van der Waals surface area contributed by atoms with Gasteiger partial charge >= 0.3 is 0 Å². The smallest absolute Gasteiger partial charge is 0.264 e. The lowest BCUT2D eigenvalue weighted by Crippen LogP contribution is -2.32. The van der Waals surface area contributed by atoms with E-state index in [9.17, 15) is 8.42 Å². The van der Waals surface area contributed by atoms with E-state index in [2.05, 4.69) is 4.18 Å². The highest BCUT2D eigenvalue weighted by molar-refractivity contribution is 7.85. The molecule has 0 saturated carbocycles. The van der Waals surface area contributed by atoms with Crippen LogP contribution in [0.15, 0.2) is 0 Å². The van der Waals surface area contributed by atoms with Crippen molar-refractivity contribution >= 4 is 22.5 Å². The molecule has 0 amide bonds. The molecule has 0 fully saturated rings. The van der Waals surface area contributed by atoms with E-state index in [1.807, 2.05) is 13.8 Å². The molecule has 0 saturated heterocycles. The van der Waals surface area contributed by atoms with Gasteiger partial charge in [-0.15, -0.1) is 12.4 Å². The first kappa shape index (κ1) is 14.7. The zero-order valence-corrected chi connectivity index (χ0v) is 9.11. The number of rotatable bonds is 4. The van der Waals surface area contributed by atoms with Gasteiger partial charge in [-0.25, -0.2) is 0 Å². The van der Waals surface area contributed by atoms with Crippen molar-refractivity contribution in [3.05, 3.63) is 0 Å². The third kappa shape index (κ3) is 8.26. The average molecular weight is 218 g/mol. The molecule has 0 heterocycles. The van der Waals surface area contributed by atoms with E-state index in [0.717, 1.165) is 6.26 Å². The van der Waals surface area contributed by atoms with Gasteiger partial charge in [0.25, 0.3) is 10.1 Å². The van der Waals surface area contributed by atoms with E-state index in [-0.39, 0.29) is 31.0 Å². The largest absolute Gasteiger partial charge is 0.325 e. The van der Waals surface area contributed by atoms with Crippen LogP contribution >= 0.6 is 12.4 Å². The normalized spacial score (nSPS) is 14.1. The molecular formula is C6H16ClNO3S. The molecule has 0 unspecified atom stereocenters. The van der Waals surface area contributed by atoms with Gasteiger partial charge in [0.05, 0.1) is 12.9 Å². The third-order valence-electron chi connectivity index (χ3n) is 1.33. The molecule has 0 spiro atoms. The fraction of sp³-hybridized carbons (Fsp3) is 1.00. The van der Waals surface area contributed by atoms with E-state index in [0.29, 0.717) is 0 Å². The lowest BCUT2D eigenvalue weighted by Gasteiger charge is -2.13. The highest BCUT2D eigenvalue weighted by Gasteiger charge is 2.10. The summed E-state index contributed by atoms with van der Waals surface area (Å²) in [7, 11) is -3.33. The number of halogens is 1. The van der Waals surface area contributed by atoms with Gasteiger partial charge in [-0.05, 0) is 5.92 Å². The molecular weight excluding hydrogens is 202 g/mol. The lowest BCUT2D eigenvalue weighted by molar-refractivity contribution is 0.266. The fourth-order valence-corrected chi connectivity index (χ4v) is 0.799. The third-order valence-corrected chi connectivity index (χ3v) is 1.90. The second-order valence-electron chi connectivity index (χ2n) is 2.90. The topological polar surface area (TPSA) is 69.4 Å². The molecule has 0 aliphatic rings. The van der Waals surface area contributed by atoms with Crippen molar-refractivity contribution in [2.75, 3.05) is 12.9 Å². The molecule has 0 aromatic heterocycles. The Bertz CT molecular complexity index is 203. The molecule has 6 heteroatoms. The second kappa shape index (κ2) is 5.75. The van der Waals surface area contributed by atoms with Gasteiger partial charge in [0.15, 0.2) is 0 Å². The zero-order valence-electron chi connectivity index (χ0n) is 7.48. The van der Waals surface area contributed by atoms with Crippen LogP contribution in [0.25, 0.3) is 0 Å². The Balaban J connectivity index is 0. The van der Waals surface area contributed by atoms with Crippen LogP contribution < -0.4 is 5.73 Å². The van der Waals surface area contributed by atoms with Crippen LogP contribution in [-0.2, 0) is 14.3 Å². The van der Waals surface area contributed by atoms with E-state index in [4.69, 9.17) is 5.73 Å². The molecule has 0 aromatic carbocycles. The van der Waals surface area contributed by atoms with E-state index in [1.54, 1.807) is 0 Å². The van der Waals surface area contributed by atoms with Crippen molar-refractivity contribution in [3.8, 4) is 0 Å². The van der Waals surface area contributed by atoms with Crippen LogP contribution in [0.5, 0.6) is 0 Å². The van der Waals surface area contributed by atoms with E-state index < -0.39 is 10.1 Å². The summed E-state index contributed by atoms with van der Waals surface area (Å²) in [6.45, 7) is 3.89. The first-order valence-electron chi connectivity index (χ1n) is 3.43. The number of hydrogen-bond donors (Lipinski definition) is 1. The Labute approximate surface area is 80.0 Å². The summed E-state index contributed by atoms with van der Waals surface area (Å²) in [5.74, 6) is 0.233. The molecule has 1 atom stereocenters. The molecule has 0 aliphatic heterocycles. The summed E-state index contributed by atoms with van der Waals surface area (Å²) < 4.78 is 25.5. The predicted molar refractivity (Wildman–Crippen MR) is 50.9 cm³/mol. The SMILES string of the molecule is CC(C)[C@@H](N)COS(C)(=O)=O.Cl. The van der Waals surface area contributed by atoms with Gasteiger partial charge in [-0.2, -0.15) is 8.42 Å². The standard InChI is InChI=1S/C6H15NO3S.ClH/c1-5(2)6(7)4-10-11(3,8)9;/h5-6H,4,7H2,1-3H3;1H/t6-;/m0./s1. The zero-order chi connectivity index (χ0) is 9.07. The maximum absolute atomic E-state index is 10.5. The van der Waals surface area contributed by atoms with Crippen molar-refractivity contribution < 1.29 is 12.6 Å². The van der Waals surface area contributed by atoms with Crippen LogP contribution in [0.1, 0.15) is 13.8 Å². The summed E-state index contributed by atoms with van der Waals surface area (Å²) >= 11 is 0. The number of nitrogens with two attached hydrogens (primary N) is 1. The molecule has 4 nitrogen and oxygen atoms in total. The van der Waals surface area contributed by atoms with Crippen molar-refractivity contribution in [1.29, 1.82) is 0 Å². The van der Waals surface area contributed by atoms with Crippen molar-refractivity contribution in [2.45, 2.75) is 19.9 Å². The summed E-state index contributed by atoms with van der Waals surface area (Å²) in [6.07, 6.45) is 1.01. The maximum atomic E-state index is 10.5. The summed E-state index contributed by atoms with van der Waals surface area (Å²) in [4.78, 5) is 0. The Morgan fingerprint density at radius 2 is 1.83 bits per heavy atom. The van der Waals surface area contributed by atoms with E-state index in [1.165, 1.54) is 0 Å². The quantitative estimate of drug-likeness (QED) is 0.691. The molecule has 0 rings (SSSR count). The van der Waals surface area contributed by atoms with E-state index >= 15 is 0 Å². The van der Waals surface area contributed by atoms with Crippen LogP contribution in [0.3, 0.4) is 0 Å². The van der Waals surface area contributed by atoms with Gasteiger partial charge in [0, 0.05) is 6.04 Å². The summed E-state index contributed by atoms with van der Waals surface area (Å²) in [5, 5.41) is 0. The fourth-order valence-electron chi connectivity index (χ4n) is 0.395. The van der Waals surface area contributed by atoms with Crippen LogP contribution in [-0.4, -0.2) is 27.3 Å². The minimum Gasteiger partial charge on any atom is -0.325 e. The van der Waals surface area contributed by atoms with Crippen molar-refractivity contribution in [3.63, 3.8) is 0 Å². The Morgan fingerprint density at radius 3 is 2.08 bits per heavy atom. The highest BCUT2D eigenvalue weighted by Crippen LogP contribution is 1.99. The molecule has 0 bridgehead atoms. The molecule has 76 valence electrons. The molecule has 12 heavy (non-hydrogen) atoms. The first-order valence-corrected chi connectivity index (χ1v) is 5.24. The van der Waals surface area contributed by atoms with Gasteiger partial charge in [0.1, 0.15) is 0 Å². The van der Waals surface area contributed by atoms with Gasteiger partial charge < -0.3 is 5.73 Å². The van der Waals surface area contributed by atoms with Crippen LogP contribution in [0.2, 0.25) is 0 Å². The van der Waals surface area contributed by atoms with Gasteiger partial charge in [-0.1, -0.05) is 13.8 Å². The van der Waals surface area contributed by atoms with Gasteiger partial charge in [0.2, 0.25) is 0 Å². The molecule has 0 radical (unpaired) electrons. The minimum atomic E-state index is -3.33. The second-order valence-corrected chi connectivity index (χ2v) is 4.54. The Kier molecular flexibility index (Phi) is 7.02. The van der Waals surface area contributed by atoms with Crippen LogP contribution in [0.4, 0.5) is 0 Å². The molecule has 0 aromatic rings. The highest BCUT2D eigenvalue weighted by atomic mass is 35.5. The van der Waals surface area contributed by atoms with Gasteiger partial charge in [-0.3, -0.25) is 4.18 Å². The van der Waals surface area contributed by atoms with Crippen molar-refractivity contribution in [2.24, 2.45) is 11.7 Å². The molecule has 0 aliphatic carbocycles. The average Bonchev–Trinajstić information content (AvgIpc) is 1.80. The monoisotopic (exact) mass is 217 g/mol. The first-order chi connectivity index (χ1) is 4.83. The minimum absolute atomic E-state index is 0. The summed E-state index contributed by atoms with van der Waals surface area (Å²) in [6, 6.07) is -0.218. The number of hydrogen-bond acceptors (Lipinski definition) is 4.